The third-order valence-electron chi connectivity index (χ3n) is 3.03. The Bertz CT molecular complexity index is 578. The highest BCUT2D eigenvalue weighted by molar-refractivity contribution is 5.74. The molecule has 6 heteroatoms. The molecule has 1 aliphatic carbocycles. The second-order valence-electron chi connectivity index (χ2n) is 4.87. The van der Waals surface area contributed by atoms with Crippen molar-refractivity contribution in [2.45, 2.75) is 31.8 Å². The predicted octanol–water partition coefficient (Wildman–Crippen LogP) is 1.62. The van der Waals surface area contributed by atoms with E-state index in [9.17, 15) is 4.79 Å². The number of carbonyl (C=O) groups is 1. The summed E-state index contributed by atoms with van der Waals surface area (Å²) >= 11 is 0. The van der Waals surface area contributed by atoms with E-state index in [4.69, 9.17) is 4.52 Å². The first kappa shape index (κ1) is 12.7. The van der Waals surface area contributed by atoms with Crippen LogP contribution < -0.4 is 10.6 Å². The van der Waals surface area contributed by atoms with Gasteiger partial charge in [0.2, 0.25) is 5.89 Å². The van der Waals surface area contributed by atoms with E-state index >= 15 is 0 Å². The first-order valence-corrected chi connectivity index (χ1v) is 6.69. The van der Waals surface area contributed by atoms with E-state index in [1.807, 2.05) is 30.3 Å². The van der Waals surface area contributed by atoms with Gasteiger partial charge < -0.3 is 15.2 Å². The van der Waals surface area contributed by atoms with Crippen molar-refractivity contribution in [3.05, 3.63) is 47.6 Å². The number of carbonyl (C=O) groups excluding carboxylic acids is 1. The highest BCUT2D eigenvalue weighted by atomic mass is 16.5. The average Bonchev–Trinajstić information content (AvgIpc) is 3.15. The van der Waals surface area contributed by atoms with Crippen LogP contribution in [0, 0.1) is 0 Å². The molecule has 0 unspecified atom stereocenters. The number of nitrogens with one attached hydrogen (secondary N) is 2. The molecule has 1 fully saturated rings. The van der Waals surface area contributed by atoms with Crippen LogP contribution in [0.3, 0.4) is 0 Å². The van der Waals surface area contributed by atoms with Gasteiger partial charge in [-0.3, -0.25) is 0 Å². The van der Waals surface area contributed by atoms with Crippen LogP contribution in [0.1, 0.15) is 30.1 Å². The quantitative estimate of drug-likeness (QED) is 0.866. The monoisotopic (exact) mass is 272 g/mol. The highest BCUT2D eigenvalue weighted by Gasteiger charge is 2.23. The van der Waals surface area contributed by atoms with Gasteiger partial charge in [0, 0.05) is 12.5 Å². The first-order chi connectivity index (χ1) is 9.79. The van der Waals surface area contributed by atoms with Gasteiger partial charge in [0.1, 0.15) is 0 Å². The molecule has 0 atom stereocenters. The van der Waals surface area contributed by atoms with Gasteiger partial charge in [0.15, 0.2) is 5.82 Å². The van der Waals surface area contributed by atoms with E-state index in [2.05, 4.69) is 20.8 Å². The topological polar surface area (TPSA) is 80.1 Å². The molecule has 0 saturated heterocycles. The second-order valence-corrected chi connectivity index (χ2v) is 4.87. The average molecular weight is 272 g/mol. The molecule has 104 valence electrons. The van der Waals surface area contributed by atoms with Gasteiger partial charge in [-0.2, -0.15) is 4.98 Å². The number of aromatic nitrogens is 2. The normalized spacial score (nSPS) is 14.0. The molecular weight excluding hydrogens is 256 g/mol. The summed E-state index contributed by atoms with van der Waals surface area (Å²) in [5, 5.41) is 9.44. The molecule has 1 aromatic carbocycles. The molecule has 20 heavy (non-hydrogen) atoms. The number of nitrogens with zero attached hydrogens (tertiary/aromatic N) is 2. The van der Waals surface area contributed by atoms with Crippen molar-refractivity contribution in [1.82, 2.24) is 20.8 Å². The zero-order chi connectivity index (χ0) is 13.8. The zero-order valence-electron chi connectivity index (χ0n) is 11.0. The maximum absolute atomic E-state index is 11.5. The number of urea groups is 1. The molecule has 2 N–H and O–H groups in total. The highest BCUT2D eigenvalue weighted by Crippen LogP contribution is 2.18. The van der Waals surface area contributed by atoms with Gasteiger partial charge >= 0.3 is 6.03 Å². The van der Waals surface area contributed by atoms with Crippen LogP contribution >= 0.6 is 0 Å². The summed E-state index contributed by atoms with van der Waals surface area (Å²) in [5.41, 5.74) is 1.12. The van der Waals surface area contributed by atoms with Crippen LogP contribution in [-0.4, -0.2) is 22.2 Å². The van der Waals surface area contributed by atoms with Gasteiger partial charge in [-0.15, -0.1) is 0 Å². The zero-order valence-corrected chi connectivity index (χ0v) is 11.0. The Morgan fingerprint density at radius 3 is 2.85 bits per heavy atom. The predicted molar refractivity (Wildman–Crippen MR) is 71.9 cm³/mol. The molecule has 0 spiro atoms. The largest absolute Gasteiger partial charge is 0.337 e. The van der Waals surface area contributed by atoms with Gasteiger partial charge in [-0.05, 0) is 18.4 Å². The Kier molecular flexibility index (Phi) is 3.62. The van der Waals surface area contributed by atoms with Crippen molar-refractivity contribution in [1.29, 1.82) is 0 Å². The fraction of sp³-hybridized carbons (Fsp3) is 0.357. The second kappa shape index (κ2) is 5.73. The fourth-order valence-corrected chi connectivity index (χ4v) is 1.83. The maximum Gasteiger partial charge on any atom is 0.315 e. The molecule has 0 radical (unpaired) electrons. The Labute approximate surface area is 116 Å². The van der Waals surface area contributed by atoms with Gasteiger partial charge in [-0.1, -0.05) is 35.5 Å². The molecule has 1 aliphatic rings. The lowest BCUT2D eigenvalue weighted by atomic mass is 10.1. The van der Waals surface area contributed by atoms with E-state index in [0.29, 0.717) is 24.2 Å². The summed E-state index contributed by atoms with van der Waals surface area (Å²) in [6.45, 7) is 0.250. The number of hydrogen-bond acceptors (Lipinski definition) is 4. The molecule has 1 aromatic heterocycles. The van der Waals surface area contributed by atoms with Gasteiger partial charge in [0.05, 0.1) is 6.54 Å². The number of hydrogen-bond donors (Lipinski definition) is 2. The van der Waals surface area contributed by atoms with Crippen LogP contribution in [0.5, 0.6) is 0 Å². The third kappa shape index (κ3) is 3.57. The van der Waals surface area contributed by atoms with Crippen LogP contribution in [0.4, 0.5) is 4.79 Å². The minimum Gasteiger partial charge on any atom is -0.337 e. The molecule has 2 aromatic rings. The van der Waals surface area contributed by atoms with E-state index in [1.54, 1.807) is 0 Å². The fourth-order valence-electron chi connectivity index (χ4n) is 1.83. The lowest BCUT2D eigenvalue weighted by Crippen LogP contribution is -2.36. The summed E-state index contributed by atoms with van der Waals surface area (Å²) in [4.78, 5) is 15.7. The van der Waals surface area contributed by atoms with Gasteiger partial charge in [0.25, 0.3) is 0 Å². The summed E-state index contributed by atoms with van der Waals surface area (Å²) in [5.74, 6) is 1.04. The molecule has 6 nitrogen and oxygen atoms in total. The first-order valence-electron chi connectivity index (χ1n) is 6.69. The maximum atomic E-state index is 11.5. The van der Waals surface area contributed by atoms with E-state index in [-0.39, 0.29) is 12.6 Å². The van der Waals surface area contributed by atoms with Crippen LogP contribution in [0.2, 0.25) is 0 Å². The van der Waals surface area contributed by atoms with Crippen molar-refractivity contribution < 1.29 is 9.32 Å². The summed E-state index contributed by atoms with van der Waals surface area (Å²) in [7, 11) is 0. The molecular formula is C14H16N4O2. The Morgan fingerprint density at radius 2 is 2.10 bits per heavy atom. The lowest BCUT2D eigenvalue weighted by molar-refractivity contribution is 0.238. The van der Waals surface area contributed by atoms with Crippen LogP contribution in [-0.2, 0) is 13.0 Å². The van der Waals surface area contributed by atoms with Crippen molar-refractivity contribution in [2.75, 3.05) is 0 Å². The minimum absolute atomic E-state index is 0.185. The molecule has 1 saturated carbocycles. The number of amides is 2. The van der Waals surface area contributed by atoms with E-state index < -0.39 is 0 Å². The standard InChI is InChI=1S/C14H16N4O2/c19-14(16-11-6-7-11)15-9-13-17-12(18-20-13)8-10-4-2-1-3-5-10/h1-5,11H,6-9H2,(H2,15,16,19). The number of rotatable bonds is 5. The summed E-state index contributed by atoms with van der Waals surface area (Å²) in [6, 6.07) is 10.1. The Morgan fingerprint density at radius 1 is 1.30 bits per heavy atom. The third-order valence-corrected chi connectivity index (χ3v) is 3.03. The number of benzene rings is 1. The smallest absolute Gasteiger partial charge is 0.315 e. The Balaban J connectivity index is 1.50. The molecule has 0 aliphatic heterocycles. The lowest BCUT2D eigenvalue weighted by Gasteiger charge is -2.02. The molecule has 2 amide bonds. The molecule has 1 heterocycles. The van der Waals surface area contributed by atoms with Crippen molar-refractivity contribution in [3.63, 3.8) is 0 Å². The van der Waals surface area contributed by atoms with Crippen LogP contribution in [0.15, 0.2) is 34.9 Å². The summed E-state index contributed by atoms with van der Waals surface area (Å²) < 4.78 is 5.10. The SMILES string of the molecule is O=C(NCc1nc(Cc2ccccc2)no1)NC1CC1. The van der Waals surface area contributed by atoms with Crippen molar-refractivity contribution >= 4 is 6.03 Å². The van der Waals surface area contributed by atoms with Gasteiger partial charge in [-0.25, -0.2) is 4.79 Å². The Hall–Kier alpha value is -2.37. The summed E-state index contributed by atoms with van der Waals surface area (Å²) in [6.07, 6.45) is 2.75. The van der Waals surface area contributed by atoms with E-state index in [0.717, 1.165) is 18.4 Å². The van der Waals surface area contributed by atoms with Crippen molar-refractivity contribution in [3.8, 4) is 0 Å². The van der Waals surface area contributed by atoms with E-state index in [1.165, 1.54) is 0 Å². The molecule has 3 rings (SSSR count). The minimum atomic E-state index is -0.185. The van der Waals surface area contributed by atoms with Crippen LogP contribution in [0.25, 0.3) is 0 Å². The molecule has 0 bridgehead atoms. The van der Waals surface area contributed by atoms with Crippen molar-refractivity contribution in [2.24, 2.45) is 0 Å².